The van der Waals surface area contributed by atoms with Crippen molar-refractivity contribution < 1.29 is 50.3 Å². The number of ketones is 1. The molecule has 4 aliphatic carbocycles. The molecule has 6 N–H and O–H groups in total. The van der Waals surface area contributed by atoms with E-state index in [1.165, 1.54) is 16.5 Å². The number of hydrogen-bond acceptors (Lipinski definition) is 13. The average Bonchev–Trinajstić information content (AvgIpc) is 3.65. The topological polar surface area (TPSA) is 255 Å². The molecular weight excluding hydrogens is 673 g/mol. The Balaban J connectivity index is 0.000000152. The summed E-state index contributed by atoms with van der Waals surface area (Å²) in [7, 11) is -8.61. The lowest BCUT2D eigenvalue weighted by Crippen LogP contribution is -2.50. The fourth-order valence-electron chi connectivity index (χ4n) is 9.35. The molecular formula is C29H40N5O12PS. The summed E-state index contributed by atoms with van der Waals surface area (Å²) in [5.41, 5.74) is 6.37. The molecule has 8 rings (SSSR count). The highest BCUT2D eigenvalue weighted by Crippen LogP contribution is 2.64. The van der Waals surface area contributed by atoms with E-state index in [0.29, 0.717) is 36.4 Å². The van der Waals surface area contributed by atoms with E-state index in [-0.39, 0.29) is 34.5 Å². The van der Waals surface area contributed by atoms with Gasteiger partial charge in [-0.2, -0.15) is 13.4 Å². The molecule has 11 atom stereocenters. The lowest BCUT2D eigenvalue weighted by Gasteiger charge is -2.56. The van der Waals surface area contributed by atoms with Crippen LogP contribution in [0.3, 0.4) is 0 Å². The van der Waals surface area contributed by atoms with Crippen molar-refractivity contribution in [3.63, 3.8) is 0 Å². The molecule has 5 fully saturated rings. The number of phosphoric ester groups is 1. The molecule has 6 aliphatic rings. The highest BCUT2D eigenvalue weighted by molar-refractivity contribution is 7.80. The van der Waals surface area contributed by atoms with E-state index in [1.807, 2.05) is 0 Å². The van der Waals surface area contributed by atoms with Gasteiger partial charge in [0, 0.05) is 11.8 Å². The maximum absolute atomic E-state index is 12.4. The summed E-state index contributed by atoms with van der Waals surface area (Å²) in [4.78, 5) is 43.8. The second-order valence-corrected chi connectivity index (χ2v) is 16.7. The first-order valence-electron chi connectivity index (χ1n) is 16.1. The summed E-state index contributed by atoms with van der Waals surface area (Å²) in [5.74, 6) is 1.98. The van der Waals surface area contributed by atoms with Gasteiger partial charge in [-0.15, -0.1) is 0 Å². The quantitative estimate of drug-likeness (QED) is 0.174. The normalized spacial score (nSPS) is 42.2. The highest BCUT2D eigenvalue weighted by atomic mass is 32.3. The van der Waals surface area contributed by atoms with Crippen LogP contribution in [-0.4, -0.2) is 79.3 Å². The largest absolute Gasteiger partial charge is 0.472 e. The Bertz CT molecular complexity index is 1880. The summed E-state index contributed by atoms with van der Waals surface area (Å²) in [6.07, 6.45) is 5.94. The van der Waals surface area contributed by atoms with Crippen LogP contribution in [0.4, 0.5) is 5.95 Å². The third-order valence-corrected chi connectivity index (χ3v) is 13.2. The Hall–Kier alpha value is -2.54. The number of fused-ring (bicyclic) bond motifs is 7. The summed E-state index contributed by atoms with van der Waals surface area (Å²) in [5, 5.41) is 10.4. The van der Waals surface area contributed by atoms with E-state index in [2.05, 4.69) is 39.4 Å². The lowest BCUT2D eigenvalue weighted by molar-refractivity contribution is -0.131. The van der Waals surface area contributed by atoms with E-state index in [1.54, 1.807) is 0 Å². The minimum atomic E-state index is -4.40. The van der Waals surface area contributed by atoms with Gasteiger partial charge in [0.05, 0.1) is 19.0 Å². The second-order valence-electron chi connectivity index (χ2n) is 14.2. The Morgan fingerprint density at radius 3 is 2.65 bits per heavy atom. The van der Waals surface area contributed by atoms with Crippen molar-refractivity contribution in [1.29, 1.82) is 0 Å². The van der Waals surface area contributed by atoms with Gasteiger partial charge in [-0.25, -0.2) is 13.7 Å². The van der Waals surface area contributed by atoms with Gasteiger partial charge in [0.15, 0.2) is 17.4 Å². The van der Waals surface area contributed by atoms with Gasteiger partial charge in [0.1, 0.15) is 24.1 Å². The molecule has 19 heteroatoms. The Morgan fingerprint density at radius 1 is 1.17 bits per heavy atom. The van der Waals surface area contributed by atoms with Crippen LogP contribution in [0.15, 0.2) is 22.8 Å². The standard InChI is InChI=1S/C19H28O5S.C10H12N5O7P/c1-18-9-7-13(24-25(21,22)23)11-12(18)3-4-14-15-5-6-17(20)19(15,2)10-8-16(14)18;11-10-13-7-4(8(17)14-10)12-2-15(7)9-5(16)6-3(21-9)1-20-23(18,19)22-6/h3,13-16H,4-11H2,1-2H3,(H,21,22,23);2-3,5-6,9,16H,1H2,(H,18,19)(H3,11,13,14,17)/t13-,14-,15-,16-,18-,19-;3-,5+,6+,9+/m01/s1. The maximum Gasteiger partial charge on any atom is 0.472 e. The van der Waals surface area contributed by atoms with E-state index in [9.17, 15) is 32.6 Å². The van der Waals surface area contributed by atoms with E-state index < -0.39 is 54.4 Å². The molecule has 2 aromatic heterocycles. The van der Waals surface area contributed by atoms with Crippen LogP contribution in [0.5, 0.6) is 0 Å². The van der Waals surface area contributed by atoms with Gasteiger partial charge in [0.2, 0.25) is 5.95 Å². The first kappa shape index (κ1) is 33.9. The number of H-pyrrole nitrogens is 1. The number of aromatic amines is 1. The van der Waals surface area contributed by atoms with Crippen molar-refractivity contribution >= 4 is 41.1 Å². The maximum atomic E-state index is 12.4. The fraction of sp³-hybridized carbons (Fsp3) is 0.724. The first-order valence-corrected chi connectivity index (χ1v) is 19.0. The second kappa shape index (κ2) is 11.8. The molecule has 48 heavy (non-hydrogen) atoms. The number of aliphatic hydroxyl groups excluding tert-OH is 1. The molecule has 0 aromatic carbocycles. The van der Waals surface area contributed by atoms with Crippen molar-refractivity contribution in [3.8, 4) is 0 Å². The van der Waals surface area contributed by atoms with E-state index in [4.69, 9.17) is 23.7 Å². The average molecular weight is 714 g/mol. The third kappa shape index (κ3) is 5.78. The molecule has 0 bridgehead atoms. The molecule has 1 unspecified atom stereocenters. The van der Waals surface area contributed by atoms with Crippen LogP contribution in [-0.2, 0) is 37.7 Å². The van der Waals surface area contributed by atoms with Gasteiger partial charge in [-0.05, 0) is 68.1 Å². The number of aromatic nitrogens is 4. The van der Waals surface area contributed by atoms with Crippen molar-refractivity contribution in [1.82, 2.24) is 19.5 Å². The zero-order valence-electron chi connectivity index (χ0n) is 26.4. The minimum Gasteiger partial charge on any atom is -0.386 e. The molecule has 3 saturated carbocycles. The fourth-order valence-corrected chi connectivity index (χ4v) is 10.8. The Kier molecular flexibility index (Phi) is 8.32. The summed E-state index contributed by atoms with van der Waals surface area (Å²) >= 11 is 0. The number of nitrogens with two attached hydrogens (primary N) is 1. The number of phosphoric acid groups is 1. The SMILES string of the molecule is C[C@]12CC[C@H](OS(=O)(=O)O)CC1=CC[C@@H]1[C@@H]2CC[C@]2(C)C(=O)CC[C@@H]12.Nc1nc2c(ncn2[C@H]2O[C@@H]3COP(=O)(O)O[C@@H]3[C@@H]2O)c(=O)[nH]1. The number of carbonyl (C=O) groups is 1. The zero-order chi connectivity index (χ0) is 34.4. The number of aliphatic hydroxyl groups is 1. The van der Waals surface area contributed by atoms with Crippen molar-refractivity contribution in [2.75, 3.05) is 12.3 Å². The number of nitrogens with one attached hydrogen (secondary N) is 1. The number of imidazole rings is 1. The third-order valence-electron chi connectivity index (χ3n) is 11.7. The predicted molar refractivity (Wildman–Crippen MR) is 166 cm³/mol. The van der Waals surface area contributed by atoms with Crippen LogP contribution in [0.2, 0.25) is 0 Å². The number of Topliss-reactive ketones (excluding diaryl/α,β-unsaturated/α-hetero) is 1. The molecule has 2 aliphatic heterocycles. The van der Waals surface area contributed by atoms with Gasteiger partial charge in [0.25, 0.3) is 5.56 Å². The number of rotatable bonds is 3. The van der Waals surface area contributed by atoms with Gasteiger partial charge < -0.3 is 20.5 Å². The van der Waals surface area contributed by atoms with Crippen LogP contribution >= 0.6 is 7.82 Å². The number of ether oxygens (including phenoxy) is 1. The molecule has 2 saturated heterocycles. The van der Waals surface area contributed by atoms with Crippen LogP contribution in [0.1, 0.15) is 71.4 Å². The lowest BCUT2D eigenvalue weighted by atomic mass is 9.48. The number of nitrogen functional groups attached to an aromatic ring is 1. The summed E-state index contributed by atoms with van der Waals surface area (Å²) in [6, 6.07) is 0. The highest BCUT2D eigenvalue weighted by Gasteiger charge is 2.59. The smallest absolute Gasteiger partial charge is 0.386 e. The summed E-state index contributed by atoms with van der Waals surface area (Å²) in [6.45, 7) is 4.29. The van der Waals surface area contributed by atoms with E-state index in [0.717, 1.165) is 38.5 Å². The number of nitrogens with zero attached hydrogens (tertiary/aromatic N) is 3. The predicted octanol–water partition coefficient (Wildman–Crippen LogP) is 2.18. The molecule has 0 spiro atoms. The zero-order valence-corrected chi connectivity index (χ0v) is 28.1. The number of hydrogen-bond donors (Lipinski definition) is 5. The minimum absolute atomic E-state index is 0.0230. The molecule has 4 heterocycles. The number of anilines is 1. The molecule has 0 amide bonds. The van der Waals surface area contributed by atoms with Crippen LogP contribution in [0.25, 0.3) is 11.2 Å². The van der Waals surface area contributed by atoms with Crippen molar-refractivity contribution in [2.24, 2.45) is 28.6 Å². The summed E-state index contributed by atoms with van der Waals surface area (Å²) < 4.78 is 63.8. The van der Waals surface area contributed by atoms with Gasteiger partial charge in [-0.1, -0.05) is 25.5 Å². The first-order chi connectivity index (χ1) is 22.5. The van der Waals surface area contributed by atoms with Crippen LogP contribution < -0.4 is 11.3 Å². The monoisotopic (exact) mass is 713 g/mol. The van der Waals surface area contributed by atoms with Crippen LogP contribution in [0, 0.1) is 28.6 Å². The number of allylic oxidation sites excluding steroid dienone is 1. The number of carbonyl (C=O) groups excluding carboxylic acids is 1. The van der Waals surface area contributed by atoms with Gasteiger partial charge >= 0.3 is 18.2 Å². The van der Waals surface area contributed by atoms with E-state index >= 15 is 0 Å². The molecule has 264 valence electrons. The van der Waals surface area contributed by atoms with Crippen molar-refractivity contribution in [3.05, 3.63) is 28.3 Å². The Labute approximate surface area is 275 Å². The molecule has 2 aromatic rings. The molecule has 17 nitrogen and oxygen atoms in total. The van der Waals surface area contributed by atoms with Crippen molar-refractivity contribution in [2.45, 2.75) is 95.9 Å². The Morgan fingerprint density at radius 2 is 1.90 bits per heavy atom. The van der Waals surface area contributed by atoms with Gasteiger partial charge in [-0.3, -0.25) is 32.7 Å². The molecule has 0 radical (unpaired) electrons.